The average Bonchev–Trinajstić information content (AvgIpc) is 2.48. The zero-order chi connectivity index (χ0) is 15.5. The quantitative estimate of drug-likeness (QED) is 0.637. The minimum atomic E-state index is -0.164. The van der Waals surface area contributed by atoms with E-state index >= 15 is 0 Å². The van der Waals surface area contributed by atoms with Crippen molar-refractivity contribution in [1.82, 2.24) is 5.32 Å². The van der Waals surface area contributed by atoms with E-state index in [0.717, 1.165) is 38.1 Å². The Balaban J connectivity index is 2.57. The van der Waals surface area contributed by atoms with E-state index in [2.05, 4.69) is 12.2 Å². The lowest BCUT2D eigenvalue weighted by Crippen LogP contribution is -2.31. The van der Waals surface area contributed by atoms with Crippen LogP contribution in [0.4, 0.5) is 4.39 Å². The molecule has 0 bridgehead atoms. The zero-order valence-corrected chi connectivity index (χ0v) is 13.4. The lowest BCUT2D eigenvalue weighted by molar-refractivity contribution is 0.161. The number of ether oxygens (including phenoxy) is 2. The van der Waals surface area contributed by atoms with Gasteiger partial charge in [-0.15, -0.1) is 0 Å². The van der Waals surface area contributed by atoms with Gasteiger partial charge in [-0.2, -0.15) is 0 Å². The molecule has 4 heteroatoms. The van der Waals surface area contributed by atoms with Gasteiger partial charge in [-0.05, 0) is 48.9 Å². The van der Waals surface area contributed by atoms with Gasteiger partial charge in [0.15, 0.2) is 0 Å². The van der Waals surface area contributed by atoms with Crippen LogP contribution in [0.15, 0.2) is 24.3 Å². The van der Waals surface area contributed by atoms with Gasteiger partial charge in [-0.1, -0.05) is 19.1 Å². The molecular weight excluding hydrogens is 269 g/mol. The summed E-state index contributed by atoms with van der Waals surface area (Å²) in [7, 11) is 3.43. The van der Waals surface area contributed by atoms with E-state index in [1.807, 2.05) is 6.07 Å². The molecule has 0 aromatic heterocycles. The van der Waals surface area contributed by atoms with Gasteiger partial charge in [-0.3, -0.25) is 0 Å². The van der Waals surface area contributed by atoms with Crippen LogP contribution in [0.2, 0.25) is 0 Å². The topological polar surface area (TPSA) is 30.5 Å². The highest BCUT2D eigenvalue weighted by Gasteiger charge is 2.17. The number of hydrogen-bond donors (Lipinski definition) is 1. The maximum absolute atomic E-state index is 13.3. The highest BCUT2D eigenvalue weighted by molar-refractivity contribution is 5.17. The van der Waals surface area contributed by atoms with Crippen molar-refractivity contribution in [2.24, 2.45) is 11.8 Å². The van der Waals surface area contributed by atoms with Gasteiger partial charge >= 0.3 is 0 Å². The van der Waals surface area contributed by atoms with E-state index < -0.39 is 0 Å². The molecule has 1 aromatic rings. The van der Waals surface area contributed by atoms with Gasteiger partial charge in [0, 0.05) is 27.4 Å². The minimum Gasteiger partial charge on any atom is -0.385 e. The molecule has 21 heavy (non-hydrogen) atoms. The highest BCUT2D eigenvalue weighted by Crippen LogP contribution is 2.20. The molecule has 0 radical (unpaired) electrons. The highest BCUT2D eigenvalue weighted by atomic mass is 19.1. The van der Waals surface area contributed by atoms with E-state index in [4.69, 9.17) is 9.47 Å². The second-order valence-corrected chi connectivity index (χ2v) is 5.55. The molecule has 120 valence electrons. The van der Waals surface area contributed by atoms with E-state index in [9.17, 15) is 4.39 Å². The summed E-state index contributed by atoms with van der Waals surface area (Å²) in [4.78, 5) is 0. The van der Waals surface area contributed by atoms with Crippen LogP contribution in [0.1, 0.15) is 18.9 Å². The number of nitrogens with one attached hydrogen (secondary N) is 1. The summed E-state index contributed by atoms with van der Waals surface area (Å²) >= 11 is 0. The lowest BCUT2D eigenvalue weighted by Gasteiger charge is -2.24. The molecule has 1 rings (SSSR count). The first-order valence-corrected chi connectivity index (χ1v) is 7.60. The van der Waals surface area contributed by atoms with Crippen molar-refractivity contribution in [3.05, 3.63) is 35.6 Å². The molecule has 1 aromatic carbocycles. The van der Waals surface area contributed by atoms with Crippen LogP contribution in [-0.2, 0) is 15.9 Å². The Bertz CT molecular complexity index is 387. The van der Waals surface area contributed by atoms with Gasteiger partial charge < -0.3 is 14.8 Å². The van der Waals surface area contributed by atoms with Crippen LogP contribution >= 0.6 is 0 Å². The molecule has 0 amide bonds. The zero-order valence-electron chi connectivity index (χ0n) is 13.4. The summed E-state index contributed by atoms with van der Waals surface area (Å²) in [5.74, 6) is 0.810. The fraction of sp³-hybridized carbons (Fsp3) is 0.647. The molecule has 1 N–H and O–H groups in total. The maximum Gasteiger partial charge on any atom is 0.123 e. The maximum atomic E-state index is 13.3. The third-order valence-corrected chi connectivity index (χ3v) is 3.86. The van der Waals surface area contributed by atoms with Crippen LogP contribution in [0.25, 0.3) is 0 Å². The second-order valence-electron chi connectivity index (χ2n) is 5.55. The van der Waals surface area contributed by atoms with Crippen LogP contribution in [0, 0.1) is 17.7 Å². The Kier molecular flexibility index (Phi) is 9.22. The molecule has 0 aliphatic carbocycles. The Hall–Kier alpha value is -0.970. The predicted octanol–water partition coefficient (Wildman–Crippen LogP) is 2.89. The summed E-state index contributed by atoms with van der Waals surface area (Å²) in [5, 5.41) is 3.42. The Labute approximate surface area is 127 Å². The number of hydrogen-bond acceptors (Lipinski definition) is 3. The summed E-state index contributed by atoms with van der Waals surface area (Å²) in [6.45, 7) is 5.46. The molecule has 2 atom stereocenters. The number of benzene rings is 1. The van der Waals surface area contributed by atoms with Gasteiger partial charge in [0.05, 0.1) is 6.61 Å². The van der Waals surface area contributed by atoms with Gasteiger partial charge in [0.25, 0.3) is 0 Å². The molecule has 0 saturated carbocycles. The minimum absolute atomic E-state index is 0.164. The van der Waals surface area contributed by atoms with Crippen LogP contribution in [0.5, 0.6) is 0 Å². The van der Waals surface area contributed by atoms with Gasteiger partial charge in [0.2, 0.25) is 0 Å². The standard InChI is InChI=1S/C17H28FNO2/c1-14(7-9-20-2)16(13-19-8-10-21-3)11-15-5-4-6-17(18)12-15/h4-6,12,14,16,19H,7-11,13H2,1-3H3. The Morgan fingerprint density at radius 1 is 1.19 bits per heavy atom. The summed E-state index contributed by atoms with van der Waals surface area (Å²) in [6.07, 6.45) is 1.89. The molecule has 0 heterocycles. The first-order valence-electron chi connectivity index (χ1n) is 7.60. The smallest absolute Gasteiger partial charge is 0.123 e. The second kappa shape index (κ2) is 10.7. The van der Waals surface area contributed by atoms with Crippen LogP contribution < -0.4 is 5.32 Å². The molecular formula is C17H28FNO2. The fourth-order valence-corrected chi connectivity index (χ4v) is 2.44. The lowest BCUT2D eigenvalue weighted by atomic mass is 9.86. The van der Waals surface area contributed by atoms with Crippen molar-refractivity contribution >= 4 is 0 Å². The van der Waals surface area contributed by atoms with Crippen molar-refractivity contribution in [3.8, 4) is 0 Å². The van der Waals surface area contributed by atoms with E-state index in [-0.39, 0.29) is 5.82 Å². The van der Waals surface area contributed by atoms with Crippen molar-refractivity contribution in [2.75, 3.05) is 40.5 Å². The molecule has 0 saturated heterocycles. The molecule has 0 aliphatic rings. The molecule has 2 unspecified atom stereocenters. The summed E-state index contributed by atoms with van der Waals surface area (Å²) in [6, 6.07) is 6.89. The monoisotopic (exact) mass is 297 g/mol. The fourth-order valence-electron chi connectivity index (χ4n) is 2.44. The van der Waals surface area contributed by atoms with Crippen molar-refractivity contribution in [3.63, 3.8) is 0 Å². The van der Waals surface area contributed by atoms with Gasteiger partial charge in [0.1, 0.15) is 5.82 Å². The Morgan fingerprint density at radius 2 is 1.95 bits per heavy atom. The molecule has 0 fully saturated rings. The van der Waals surface area contributed by atoms with Crippen molar-refractivity contribution in [2.45, 2.75) is 19.8 Å². The van der Waals surface area contributed by atoms with E-state index in [1.165, 1.54) is 6.07 Å². The van der Waals surface area contributed by atoms with E-state index in [0.29, 0.717) is 18.4 Å². The average molecular weight is 297 g/mol. The first kappa shape index (κ1) is 18.1. The van der Waals surface area contributed by atoms with Crippen LogP contribution in [-0.4, -0.2) is 40.5 Å². The normalized spacial score (nSPS) is 14.1. The van der Waals surface area contributed by atoms with Crippen molar-refractivity contribution < 1.29 is 13.9 Å². The predicted molar refractivity (Wildman–Crippen MR) is 84.0 cm³/mol. The van der Waals surface area contributed by atoms with Gasteiger partial charge in [-0.25, -0.2) is 4.39 Å². The Morgan fingerprint density at radius 3 is 2.62 bits per heavy atom. The van der Waals surface area contributed by atoms with Crippen LogP contribution in [0.3, 0.4) is 0 Å². The molecule has 3 nitrogen and oxygen atoms in total. The summed E-state index contributed by atoms with van der Waals surface area (Å²) < 4.78 is 23.5. The third kappa shape index (κ3) is 7.55. The third-order valence-electron chi connectivity index (χ3n) is 3.86. The summed E-state index contributed by atoms with van der Waals surface area (Å²) in [5.41, 5.74) is 1.05. The van der Waals surface area contributed by atoms with Crippen molar-refractivity contribution in [1.29, 1.82) is 0 Å². The largest absolute Gasteiger partial charge is 0.385 e. The molecule has 0 spiro atoms. The number of halogens is 1. The SMILES string of the molecule is COCCNCC(Cc1cccc(F)c1)C(C)CCOC. The first-order chi connectivity index (χ1) is 10.2. The molecule has 0 aliphatic heterocycles. The number of methoxy groups -OCH3 is 2. The van der Waals surface area contributed by atoms with E-state index in [1.54, 1.807) is 26.4 Å². The number of rotatable bonds is 11.